The van der Waals surface area contributed by atoms with E-state index in [9.17, 15) is 0 Å². The first-order chi connectivity index (χ1) is 9.24. The Hall–Kier alpha value is -1.78. The highest BCUT2D eigenvalue weighted by Crippen LogP contribution is 2.24. The van der Waals surface area contributed by atoms with Gasteiger partial charge in [0, 0.05) is 11.6 Å². The lowest BCUT2D eigenvalue weighted by atomic mass is 10.1. The Labute approximate surface area is 113 Å². The minimum absolute atomic E-state index is 0.0674. The maximum Gasteiger partial charge on any atom is 0.129 e. The van der Waals surface area contributed by atoms with Crippen LogP contribution in [-0.4, -0.2) is 12.2 Å². The van der Waals surface area contributed by atoms with Gasteiger partial charge < -0.3 is 19.6 Å². The molecule has 0 aliphatic heterocycles. The van der Waals surface area contributed by atoms with Crippen molar-refractivity contribution >= 4 is 0 Å². The number of hydrogen-bond acceptors (Lipinski definition) is 4. The SMILES string of the molecule is COc1ccccc1C(C)NCc1ccc(CO)o1. The maximum absolute atomic E-state index is 8.94. The van der Waals surface area contributed by atoms with Crippen LogP contribution in [0.15, 0.2) is 40.8 Å². The van der Waals surface area contributed by atoms with E-state index < -0.39 is 0 Å². The van der Waals surface area contributed by atoms with Crippen molar-refractivity contribution < 1.29 is 14.3 Å². The minimum Gasteiger partial charge on any atom is -0.496 e. The number of aliphatic hydroxyl groups is 1. The van der Waals surface area contributed by atoms with Crippen LogP contribution in [0.4, 0.5) is 0 Å². The van der Waals surface area contributed by atoms with E-state index in [-0.39, 0.29) is 12.6 Å². The van der Waals surface area contributed by atoms with Crippen molar-refractivity contribution in [1.82, 2.24) is 5.32 Å². The Balaban J connectivity index is 1.98. The van der Waals surface area contributed by atoms with Gasteiger partial charge in [-0.1, -0.05) is 18.2 Å². The minimum atomic E-state index is -0.0674. The summed E-state index contributed by atoms with van der Waals surface area (Å²) in [5.41, 5.74) is 1.11. The molecule has 2 N–H and O–H groups in total. The number of furan rings is 1. The molecule has 0 fully saturated rings. The Morgan fingerprint density at radius 2 is 1.95 bits per heavy atom. The summed E-state index contributed by atoms with van der Waals surface area (Å²) in [6.45, 7) is 2.62. The fourth-order valence-corrected chi connectivity index (χ4v) is 1.99. The average molecular weight is 261 g/mol. The number of rotatable bonds is 6. The van der Waals surface area contributed by atoms with Crippen molar-refractivity contribution in [3.8, 4) is 5.75 Å². The first-order valence-corrected chi connectivity index (χ1v) is 6.29. The van der Waals surface area contributed by atoms with Crippen molar-refractivity contribution in [2.24, 2.45) is 0 Å². The summed E-state index contributed by atoms with van der Waals surface area (Å²) in [7, 11) is 1.67. The van der Waals surface area contributed by atoms with Crippen molar-refractivity contribution in [2.75, 3.05) is 7.11 Å². The molecule has 1 aromatic carbocycles. The number of ether oxygens (including phenoxy) is 1. The van der Waals surface area contributed by atoms with Gasteiger partial charge in [0.1, 0.15) is 23.9 Å². The third-order valence-corrected chi connectivity index (χ3v) is 3.06. The molecule has 4 nitrogen and oxygen atoms in total. The molecule has 2 rings (SSSR count). The molecule has 102 valence electrons. The molecule has 0 amide bonds. The van der Waals surface area contributed by atoms with Crippen LogP contribution in [0.1, 0.15) is 30.0 Å². The Kier molecular flexibility index (Phi) is 4.60. The van der Waals surface area contributed by atoms with Crippen LogP contribution < -0.4 is 10.1 Å². The second-order valence-electron chi connectivity index (χ2n) is 4.37. The van der Waals surface area contributed by atoms with Crippen LogP contribution in [0.2, 0.25) is 0 Å². The molecular weight excluding hydrogens is 242 g/mol. The molecular formula is C15H19NO3. The number of aliphatic hydroxyl groups excluding tert-OH is 1. The van der Waals surface area contributed by atoms with Gasteiger partial charge in [-0.25, -0.2) is 0 Å². The second-order valence-corrected chi connectivity index (χ2v) is 4.37. The highest BCUT2D eigenvalue weighted by Gasteiger charge is 2.11. The number of para-hydroxylation sites is 1. The molecule has 1 aromatic heterocycles. The lowest BCUT2D eigenvalue weighted by molar-refractivity contribution is 0.242. The van der Waals surface area contributed by atoms with E-state index in [1.807, 2.05) is 30.3 Å². The number of nitrogens with one attached hydrogen (secondary N) is 1. The number of methoxy groups -OCH3 is 1. The zero-order valence-corrected chi connectivity index (χ0v) is 11.2. The quantitative estimate of drug-likeness (QED) is 0.839. The molecule has 0 saturated carbocycles. The fraction of sp³-hybridized carbons (Fsp3) is 0.333. The van der Waals surface area contributed by atoms with E-state index in [1.165, 1.54) is 0 Å². The van der Waals surface area contributed by atoms with Crippen LogP contribution in [0, 0.1) is 0 Å². The molecule has 0 aliphatic carbocycles. The summed E-state index contributed by atoms with van der Waals surface area (Å²) in [6.07, 6.45) is 0. The largest absolute Gasteiger partial charge is 0.496 e. The van der Waals surface area contributed by atoms with Crippen molar-refractivity contribution in [3.05, 3.63) is 53.5 Å². The van der Waals surface area contributed by atoms with Crippen LogP contribution >= 0.6 is 0 Å². The van der Waals surface area contributed by atoms with E-state index in [4.69, 9.17) is 14.3 Å². The van der Waals surface area contributed by atoms with E-state index in [0.717, 1.165) is 17.1 Å². The van der Waals surface area contributed by atoms with E-state index in [0.29, 0.717) is 12.3 Å². The van der Waals surface area contributed by atoms with Crippen molar-refractivity contribution in [1.29, 1.82) is 0 Å². The predicted octanol–water partition coefficient (Wildman–Crippen LogP) is 2.63. The lowest BCUT2D eigenvalue weighted by Gasteiger charge is -2.16. The van der Waals surface area contributed by atoms with Crippen molar-refractivity contribution in [3.63, 3.8) is 0 Å². The summed E-state index contributed by atoms with van der Waals surface area (Å²) in [6, 6.07) is 11.7. The molecule has 0 bridgehead atoms. The third-order valence-electron chi connectivity index (χ3n) is 3.06. The van der Waals surface area contributed by atoms with Crippen LogP contribution in [0.3, 0.4) is 0 Å². The molecule has 1 unspecified atom stereocenters. The number of hydrogen-bond donors (Lipinski definition) is 2. The van der Waals surface area contributed by atoms with Gasteiger partial charge in [-0.05, 0) is 25.1 Å². The van der Waals surface area contributed by atoms with E-state index in [2.05, 4.69) is 12.2 Å². The molecule has 0 radical (unpaired) electrons. The van der Waals surface area contributed by atoms with Gasteiger partial charge in [0.05, 0.1) is 13.7 Å². The van der Waals surface area contributed by atoms with Gasteiger partial charge in [0.25, 0.3) is 0 Å². The Morgan fingerprint density at radius 3 is 2.63 bits per heavy atom. The lowest BCUT2D eigenvalue weighted by Crippen LogP contribution is -2.18. The maximum atomic E-state index is 8.94. The van der Waals surface area contributed by atoms with E-state index in [1.54, 1.807) is 13.2 Å². The summed E-state index contributed by atoms with van der Waals surface area (Å²) in [5.74, 6) is 2.27. The van der Waals surface area contributed by atoms with Crippen molar-refractivity contribution in [2.45, 2.75) is 26.1 Å². The highest BCUT2D eigenvalue weighted by atomic mass is 16.5. The molecule has 4 heteroatoms. The highest BCUT2D eigenvalue weighted by molar-refractivity contribution is 5.35. The molecule has 0 aliphatic rings. The molecule has 19 heavy (non-hydrogen) atoms. The first kappa shape index (κ1) is 13.6. The predicted molar refractivity (Wildman–Crippen MR) is 72.9 cm³/mol. The summed E-state index contributed by atoms with van der Waals surface area (Å²) in [4.78, 5) is 0. The van der Waals surface area contributed by atoms with Gasteiger partial charge >= 0.3 is 0 Å². The van der Waals surface area contributed by atoms with Gasteiger partial charge in [-0.15, -0.1) is 0 Å². The molecule has 1 atom stereocenters. The second kappa shape index (κ2) is 6.41. The summed E-state index contributed by atoms with van der Waals surface area (Å²) in [5, 5.41) is 12.3. The molecule has 2 aromatic rings. The normalized spacial score (nSPS) is 12.4. The zero-order valence-electron chi connectivity index (χ0n) is 11.2. The monoisotopic (exact) mass is 261 g/mol. The molecule has 0 saturated heterocycles. The molecule has 0 spiro atoms. The number of benzene rings is 1. The van der Waals surface area contributed by atoms with Crippen LogP contribution in [0.5, 0.6) is 5.75 Å². The summed E-state index contributed by atoms with van der Waals surface area (Å²) < 4.78 is 10.8. The smallest absolute Gasteiger partial charge is 0.129 e. The van der Waals surface area contributed by atoms with Crippen LogP contribution in [0.25, 0.3) is 0 Å². The van der Waals surface area contributed by atoms with Gasteiger partial charge in [0.2, 0.25) is 0 Å². The van der Waals surface area contributed by atoms with Gasteiger partial charge in [-0.3, -0.25) is 0 Å². The van der Waals surface area contributed by atoms with Gasteiger partial charge in [0.15, 0.2) is 0 Å². The average Bonchev–Trinajstić information content (AvgIpc) is 2.92. The topological polar surface area (TPSA) is 54.6 Å². The van der Waals surface area contributed by atoms with Crippen LogP contribution in [-0.2, 0) is 13.2 Å². The Morgan fingerprint density at radius 1 is 1.21 bits per heavy atom. The summed E-state index contributed by atoms with van der Waals surface area (Å²) >= 11 is 0. The Bertz CT molecular complexity index is 522. The first-order valence-electron chi connectivity index (χ1n) is 6.29. The third kappa shape index (κ3) is 3.36. The zero-order chi connectivity index (χ0) is 13.7. The van der Waals surface area contributed by atoms with Gasteiger partial charge in [-0.2, -0.15) is 0 Å². The standard InChI is InChI=1S/C15H19NO3/c1-11(14-5-3-4-6-15(14)18-2)16-9-12-7-8-13(10-17)19-12/h3-8,11,16-17H,9-10H2,1-2H3. The molecule has 1 heterocycles. The fourth-order valence-electron chi connectivity index (χ4n) is 1.99. The van der Waals surface area contributed by atoms with E-state index >= 15 is 0 Å².